The summed E-state index contributed by atoms with van der Waals surface area (Å²) >= 11 is 0. The Labute approximate surface area is 115 Å². The first kappa shape index (κ1) is 14.0. The van der Waals surface area contributed by atoms with Gasteiger partial charge in [0.25, 0.3) is 5.91 Å². The van der Waals surface area contributed by atoms with E-state index in [1.54, 1.807) is 12.3 Å². The number of aryl methyl sites for hydroxylation is 1. The highest BCUT2D eigenvalue weighted by atomic mass is 16.2. The first-order valence-corrected chi connectivity index (χ1v) is 7.05. The molecule has 1 N–H and O–H groups in total. The van der Waals surface area contributed by atoms with E-state index in [0.717, 1.165) is 30.8 Å². The summed E-state index contributed by atoms with van der Waals surface area (Å²) in [6, 6.07) is 4.31. The third-order valence-corrected chi connectivity index (χ3v) is 3.61. The van der Waals surface area contributed by atoms with Crippen molar-refractivity contribution in [2.24, 2.45) is 0 Å². The van der Waals surface area contributed by atoms with Crippen LogP contribution in [-0.2, 0) is 0 Å². The zero-order chi connectivity index (χ0) is 13.8. The van der Waals surface area contributed by atoms with Crippen molar-refractivity contribution in [3.05, 3.63) is 29.6 Å². The van der Waals surface area contributed by atoms with E-state index in [4.69, 9.17) is 0 Å². The standard InChI is InChI=1S/C15H23N3O/c1-11(2)18(10-14-5-4-7-17-14)15(19)13-6-8-16-12(3)9-13/h6,8-9,11,14,17H,4-5,7,10H2,1-3H3. The molecule has 1 aliphatic heterocycles. The fourth-order valence-corrected chi connectivity index (χ4v) is 2.52. The van der Waals surface area contributed by atoms with E-state index in [2.05, 4.69) is 24.1 Å². The van der Waals surface area contributed by atoms with E-state index in [1.807, 2.05) is 17.9 Å². The van der Waals surface area contributed by atoms with Crippen LogP contribution in [0.25, 0.3) is 0 Å². The van der Waals surface area contributed by atoms with Crippen molar-refractivity contribution in [1.82, 2.24) is 15.2 Å². The fourth-order valence-electron chi connectivity index (χ4n) is 2.52. The minimum absolute atomic E-state index is 0.106. The van der Waals surface area contributed by atoms with E-state index < -0.39 is 0 Å². The molecule has 0 saturated carbocycles. The third-order valence-electron chi connectivity index (χ3n) is 3.61. The lowest BCUT2D eigenvalue weighted by atomic mass is 10.1. The summed E-state index contributed by atoms with van der Waals surface area (Å²) in [5.41, 5.74) is 1.62. The average molecular weight is 261 g/mol. The van der Waals surface area contributed by atoms with Crippen LogP contribution in [0.1, 0.15) is 42.7 Å². The number of nitrogens with zero attached hydrogens (tertiary/aromatic N) is 2. The average Bonchev–Trinajstić information content (AvgIpc) is 2.87. The molecule has 4 heteroatoms. The van der Waals surface area contributed by atoms with Gasteiger partial charge in [-0.3, -0.25) is 9.78 Å². The highest BCUT2D eigenvalue weighted by Crippen LogP contribution is 2.13. The van der Waals surface area contributed by atoms with Crippen molar-refractivity contribution >= 4 is 5.91 Å². The number of carbonyl (C=O) groups is 1. The van der Waals surface area contributed by atoms with Gasteiger partial charge in [0.05, 0.1) is 0 Å². The summed E-state index contributed by atoms with van der Waals surface area (Å²) in [5, 5.41) is 3.45. The topological polar surface area (TPSA) is 45.2 Å². The number of hydrogen-bond donors (Lipinski definition) is 1. The van der Waals surface area contributed by atoms with E-state index >= 15 is 0 Å². The molecule has 0 radical (unpaired) electrons. The molecule has 1 aromatic rings. The Morgan fingerprint density at radius 2 is 2.37 bits per heavy atom. The maximum absolute atomic E-state index is 12.6. The lowest BCUT2D eigenvalue weighted by molar-refractivity contribution is 0.0689. The summed E-state index contributed by atoms with van der Waals surface area (Å²) in [6.07, 6.45) is 4.07. The van der Waals surface area contributed by atoms with Crippen molar-refractivity contribution in [1.29, 1.82) is 0 Å². The van der Waals surface area contributed by atoms with Gasteiger partial charge in [-0.25, -0.2) is 0 Å². The molecular formula is C15H23N3O. The highest BCUT2D eigenvalue weighted by Gasteiger charge is 2.24. The van der Waals surface area contributed by atoms with Crippen LogP contribution in [0, 0.1) is 6.92 Å². The van der Waals surface area contributed by atoms with Crippen LogP contribution in [0.15, 0.2) is 18.3 Å². The molecule has 1 aliphatic rings. The van der Waals surface area contributed by atoms with Crippen molar-refractivity contribution in [2.75, 3.05) is 13.1 Å². The molecule has 19 heavy (non-hydrogen) atoms. The minimum atomic E-state index is 0.106. The Morgan fingerprint density at radius 1 is 1.58 bits per heavy atom. The van der Waals surface area contributed by atoms with Gasteiger partial charge in [0.2, 0.25) is 0 Å². The summed E-state index contributed by atoms with van der Waals surface area (Å²) in [7, 11) is 0. The summed E-state index contributed by atoms with van der Waals surface area (Å²) in [4.78, 5) is 18.7. The Morgan fingerprint density at radius 3 is 2.95 bits per heavy atom. The maximum atomic E-state index is 12.6. The number of pyridine rings is 1. The number of carbonyl (C=O) groups excluding carboxylic acids is 1. The molecule has 1 saturated heterocycles. The molecular weight excluding hydrogens is 238 g/mol. The van der Waals surface area contributed by atoms with Gasteiger partial charge in [-0.1, -0.05) is 0 Å². The number of aromatic nitrogens is 1. The number of nitrogens with one attached hydrogen (secondary N) is 1. The zero-order valence-electron chi connectivity index (χ0n) is 12.0. The van der Waals surface area contributed by atoms with Crippen molar-refractivity contribution < 1.29 is 4.79 Å². The highest BCUT2D eigenvalue weighted by molar-refractivity contribution is 5.94. The number of amides is 1. The van der Waals surface area contributed by atoms with Gasteiger partial charge in [0.1, 0.15) is 0 Å². The molecule has 1 aromatic heterocycles. The lowest BCUT2D eigenvalue weighted by Gasteiger charge is -2.29. The van der Waals surface area contributed by atoms with E-state index in [-0.39, 0.29) is 11.9 Å². The molecule has 2 rings (SSSR count). The monoisotopic (exact) mass is 261 g/mol. The molecule has 1 fully saturated rings. The SMILES string of the molecule is Cc1cc(C(=O)N(CC2CCCN2)C(C)C)ccn1. The van der Waals surface area contributed by atoms with Crippen molar-refractivity contribution in [2.45, 2.75) is 45.7 Å². The Kier molecular flexibility index (Phi) is 4.53. The molecule has 0 aromatic carbocycles. The Hall–Kier alpha value is -1.42. The van der Waals surface area contributed by atoms with Crippen LogP contribution in [0.3, 0.4) is 0 Å². The van der Waals surface area contributed by atoms with Gasteiger partial charge >= 0.3 is 0 Å². The molecule has 1 amide bonds. The molecule has 0 bridgehead atoms. The quantitative estimate of drug-likeness (QED) is 0.901. The maximum Gasteiger partial charge on any atom is 0.254 e. The summed E-state index contributed by atoms with van der Waals surface area (Å²) < 4.78 is 0. The van der Waals surface area contributed by atoms with Crippen molar-refractivity contribution in [3.8, 4) is 0 Å². The predicted molar refractivity (Wildman–Crippen MR) is 76.2 cm³/mol. The normalized spacial score (nSPS) is 18.8. The molecule has 0 spiro atoms. The molecule has 0 aliphatic carbocycles. The van der Waals surface area contributed by atoms with Crippen LogP contribution in [-0.4, -0.2) is 41.0 Å². The van der Waals surface area contributed by atoms with Gasteiger partial charge in [-0.2, -0.15) is 0 Å². The van der Waals surface area contributed by atoms with Gasteiger partial charge < -0.3 is 10.2 Å². The first-order chi connectivity index (χ1) is 9.08. The number of rotatable bonds is 4. The second-order valence-electron chi connectivity index (χ2n) is 5.53. The van der Waals surface area contributed by atoms with Crippen LogP contribution in [0.4, 0.5) is 0 Å². The number of hydrogen-bond acceptors (Lipinski definition) is 3. The smallest absolute Gasteiger partial charge is 0.254 e. The molecule has 1 atom stereocenters. The van der Waals surface area contributed by atoms with E-state index in [0.29, 0.717) is 6.04 Å². The summed E-state index contributed by atoms with van der Waals surface area (Å²) in [6.45, 7) is 7.91. The molecule has 2 heterocycles. The van der Waals surface area contributed by atoms with Crippen LogP contribution in [0.5, 0.6) is 0 Å². The third kappa shape index (κ3) is 3.53. The molecule has 1 unspecified atom stereocenters. The first-order valence-electron chi connectivity index (χ1n) is 7.05. The van der Waals surface area contributed by atoms with Gasteiger partial charge in [0, 0.05) is 36.1 Å². The Balaban J connectivity index is 2.11. The van der Waals surface area contributed by atoms with E-state index in [1.165, 1.54) is 6.42 Å². The van der Waals surface area contributed by atoms with Gasteiger partial charge in [-0.15, -0.1) is 0 Å². The summed E-state index contributed by atoms with van der Waals surface area (Å²) in [5.74, 6) is 0.106. The fraction of sp³-hybridized carbons (Fsp3) is 0.600. The van der Waals surface area contributed by atoms with Gasteiger partial charge in [0.15, 0.2) is 0 Å². The Bertz CT molecular complexity index is 439. The predicted octanol–water partition coefficient (Wildman–Crippen LogP) is 1.99. The van der Waals surface area contributed by atoms with Crippen LogP contribution >= 0.6 is 0 Å². The largest absolute Gasteiger partial charge is 0.335 e. The molecule has 4 nitrogen and oxygen atoms in total. The zero-order valence-corrected chi connectivity index (χ0v) is 12.0. The van der Waals surface area contributed by atoms with Crippen LogP contribution < -0.4 is 5.32 Å². The molecule has 104 valence electrons. The van der Waals surface area contributed by atoms with Crippen molar-refractivity contribution in [3.63, 3.8) is 0 Å². The van der Waals surface area contributed by atoms with Crippen LogP contribution in [0.2, 0.25) is 0 Å². The van der Waals surface area contributed by atoms with Gasteiger partial charge in [-0.05, 0) is 52.3 Å². The minimum Gasteiger partial charge on any atom is -0.335 e. The second kappa shape index (κ2) is 6.15. The lowest BCUT2D eigenvalue weighted by Crippen LogP contribution is -2.44. The van der Waals surface area contributed by atoms with E-state index in [9.17, 15) is 4.79 Å². The second-order valence-corrected chi connectivity index (χ2v) is 5.53.